The minimum Gasteiger partial charge on any atom is -0.481 e. The average Bonchev–Trinajstić information content (AvgIpc) is 2.67. The van der Waals surface area contributed by atoms with Gasteiger partial charge in [0.05, 0.1) is 11.1 Å². The Kier molecular flexibility index (Phi) is 11.3. The number of urea groups is 1. The summed E-state index contributed by atoms with van der Waals surface area (Å²) in [5, 5.41) is 13.0. The van der Waals surface area contributed by atoms with Gasteiger partial charge >= 0.3 is 24.4 Å². The Morgan fingerprint density at radius 3 is 2.03 bits per heavy atom. The summed E-state index contributed by atoms with van der Waals surface area (Å²) in [6.45, 7) is 1.19. The van der Waals surface area contributed by atoms with Crippen LogP contribution < -0.4 is 10.6 Å². The van der Waals surface area contributed by atoms with Crippen LogP contribution in [0.5, 0.6) is 0 Å². The van der Waals surface area contributed by atoms with Crippen LogP contribution >= 0.6 is 0 Å². The second-order valence-electron chi connectivity index (χ2n) is 7.01. The molecular weight excluding hydrogens is 446 g/mol. The van der Waals surface area contributed by atoms with Gasteiger partial charge in [-0.3, -0.25) is 4.79 Å². The molecule has 0 unspecified atom stereocenters. The predicted molar refractivity (Wildman–Crippen MR) is 104 cm³/mol. The van der Waals surface area contributed by atoms with Crippen LogP contribution in [0.2, 0.25) is 0 Å². The summed E-state index contributed by atoms with van der Waals surface area (Å²) in [5.41, 5.74) is -4.10. The van der Waals surface area contributed by atoms with E-state index in [-0.39, 0.29) is 25.1 Å². The summed E-state index contributed by atoms with van der Waals surface area (Å²) in [6, 6.07) is 0.452. The van der Waals surface area contributed by atoms with E-state index in [4.69, 9.17) is 9.84 Å². The van der Waals surface area contributed by atoms with E-state index in [2.05, 4.69) is 10.6 Å². The van der Waals surface area contributed by atoms with Crippen molar-refractivity contribution in [3.63, 3.8) is 0 Å². The zero-order valence-electron chi connectivity index (χ0n) is 17.2. The molecule has 0 saturated heterocycles. The predicted octanol–water partition coefficient (Wildman–Crippen LogP) is 5.68. The lowest BCUT2D eigenvalue weighted by molar-refractivity contribution is -0.162. The largest absolute Gasteiger partial charge is 0.481 e. The topological polar surface area (TPSA) is 87.7 Å². The maximum absolute atomic E-state index is 12.9. The standard InChI is InChI=1S/C20H26F6N2O4/c21-19(22,23)15-9-8-14(13-16(15)20(24,25)26)28-18(31)27-10-4-6-12-32-11-5-2-1-3-7-17(29)30/h8-9,13H,1-7,10-12H2,(H,29,30)(H2,27,28,31). The fourth-order valence-electron chi connectivity index (χ4n) is 2.75. The number of amides is 2. The van der Waals surface area contributed by atoms with E-state index in [0.29, 0.717) is 32.5 Å². The van der Waals surface area contributed by atoms with Crippen molar-refractivity contribution in [2.45, 2.75) is 57.3 Å². The first-order chi connectivity index (χ1) is 14.9. The number of alkyl halides is 6. The molecule has 1 aromatic carbocycles. The van der Waals surface area contributed by atoms with Gasteiger partial charge in [-0.05, 0) is 43.9 Å². The van der Waals surface area contributed by atoms with Gasteiger partial charge in [-0.1, -0.05) is 12.8 Å². The highest BCUT2D eigenvalue weighted by Gasteiger charge is 2.43. The summed E-state index contributed by atoms with van der Waals surface area (Å²) >= 11 is 0. The molecule has 0 atom stereocenters. The van der Waals surface area contributed by atoms with Gasteiger partial charge < -0.3 is 20.5 Å². The molecule has 182 valence electrons. The lowest BCUT2D eigenvalue weighted by atomic mass is 10.1. The molecule has 0 fully saturated rings. The molecule has 0 radical (unpaired) electrons. The normalized spacial score (nSPS) is 11.9. The smallest absolute Gasteiger partial charge is 0.417 e. The number of unbranched alkanes of at least 4 members (excludes halogenated alkanes) is 4. The van der Waals surface area contributed by atoms with Gasteiger partial charge in [0.25, 0.3) is 0 Å². The van der Waals surface area contributed by atoms with Crippen LogP contribution in [0.4, 0.5) is 36.8 Å². The van der Waals surface area contributed by atoms with Crippen LogP contribution in [0, 0.1) is 0 Å². The molecule has 0 saturated carbocycles. The number of carboxylic acid groups (broad SMARTS) is 1. The maximum atomic E-state index is 12.9. The van der Waals surface area contributed by atoms with Crippen molar-refractivity contribution in [2.24, 2.45) is 0 Å². The molecule has 3 N–H and O–H groups in total. The SMILES string of the molecule is O=C(O)CCCCCCOCCCCNC(=O)Nc1ccc(C(F)(F)F)c(C(F)(F)F)c1. The number of aliphatic carboxylic acids is 1. The van der Waals surface area contributed by atoms with Gasteiger partial charge in [0, 0.05) is 31.9 Å². The molecule has 12 heteroatoms. The number of rotatable bonds is 13. The van der Waals surface area contributed by atoms with Gasteiger partial charge in [0.1, 0.15) is 0 Å². The van der Waals surface area contributed by atoms with Crippen LogP contribution in [-0.4, -0.2) is 36.9 Å². The highest BCUT2D eigenvalue weighted by molar-refractivity contribution is 5.89. The summed E-state index contributed by atoms with van der Waals surface area (Å²) in [7, 11) is 0. The van der Waals surface area contributed by atoms with Crippen molar-refractivity contribution in [3.05, 3.63) is 29.3 Å². The molecule has 0 aliphatic rings. The van der Waals surface area contributed by atoms with E-state index in [1.807, 2.05) is 0 Å². The molecule has 2 amide bonds. The number of halogens is 6. The Bertz CT molecular complexity index is 738. The van der Waals surface area contributed by atoms with Crippen LogP contribution in [-0.2, 0) is 21.9 Å². The minimum atomic E-state index is -5.22. The Balaban J connectivity index is 2.25. The summed E-state index contributed by atoms with van der Waals surface area (Å²) in [6.07, 6.45) is -5.95. The molecule has 1 aromatic rings. The van der Waals surface area contributed by atoms with Crippen molar-refractivity contribution in [1.29, 1.82) is 0 Å². The number of anilines is 1. The number of nitrogens with one attached hydrogen (secondary N) is 2. The monoisotopic (exact) mass is 472 g/mol. The first-order valence-corrected chi connectivity index (χ1v) is 10.0. The van der Waals surface area contributed by atoms with Crippen molar-refractivity contribution < 1.29 is 45.8 Å². The number of carbonyl (C=O) groups excluding carboxylic acids is 1. The van der Waals surface area contributed by atoms with Crippen LogP contribution in [0.25, 0.3) is 0 Å². The lowest BCUT2D eigenvalue weighted by Crippen LogP contribution is -2.30. The van der Waals surface area contributed by atoms with E-state index >= 15 is 0 Å². The molecule has 0 bridgehead atoms. The number of carbonyl (C=O) groups is 2. The molecule has 0 aromatic heterocycles. The first-order valence-electron chi connectivity index (χ1n) is 10.0. The molecule has 0 aliphatic heterocycles. The molecule has 6 nitrogen and oxygen atoms in total. The zero-order chi connectivity index (χ0) is 24.2. The fraction of sp³-hybridized carbons (Fsp3) is 0.600. The Morgan fingerprint density at radius 2 is 1.44 bits per heavy atom. The van der Waals surface area contributed by atoms with Crippen LogP contribution in [0.15, 0.2) is 18.2 Å². The van der Waals surface area contributed by atoms with E-state index in [1.165, 1.54) is 0 Å². The van der Waals surface area contributed by atoms with Gasteiger partial charge in [-0.2, -0.15) is 26.3 Å². The number of ether oxygens (including phenoxy) is 1. The second kappa shape index (κ2) is 13.1. The summed E-state index contributed by atoms with van der Waals surface area (Å²) in [5.74, 6) is -0.811. The van der Waals surface area contributed by atoms with Crippen molar-refractivity contribution in [2.75, 3.05) is 25.1 Å². The molecule has 0 aliphatic carbocycles. The lowest BCUT2D eigenvalue weighted by Gasteiger charge is -2.17. The highest BCUT2D eigenvalue weighted by Crippen LogP contribution is 2.41. The number of hydrogen-bond acceptors (Lipinski definition) is 3. The van der Waals surface area contributed by atoms with Gasteiger partial charge in [0.2, 0.25) is 0 Å². The van der Waals surface area contributed by atoms with Crippen LogP contribution in [0.1, 0.15) is 56.1 Å². The zero-order valence-corrected chi connectivity index (χ0v) is 17.2. The molecule has 0 heterocycles. The van der Waals surface area contributed by atoms with Crippen molar-refractivity contribution in [1.82, 2.24) is 5.32 Å². The average molecular weight is 472 g/mol. The highest BCUT2D eigenvalue weighted by atomic mass is 19.4. The minimum absolute atomic E-state index is 0.157. The Labute approximate surface area is 181 Å². The van der Waals surface area contributed by atoms with Gasteiger partial charge in [-0.15, -0.1) is 0 Å². The quantitative estimate of drug-likeness (QED) is 0.255. The van der Waals surface area contributed by atoms with Crippen LogP contribution in [0.3, 0.4) is 0 Å². The number of carboxylic acids is 1. The molecular formula is C20H26F6N2O4. The van der Waals surface area contributed by atoms with E-state index in [0.717, 1.165) is 25.3 Å². The second-order valence-corrected chi connectivity index (χ2v) is 7.01. The third-order valence-electron chi connectivity index (χ3n) is 4.32. The molecule has 32 heavy (non-hydrogen) atoms. The first kappa shape index (κ1) is 27.5. The third-order valence-corrected chi connectivity index (χ3v) is 4.32. The maximum Gasteiger partial charge on any atom is 0.417 e. The third kappa shape index (κ3) is 11.2. The van der Waals surface area contributed by atoms with Crippen molar-refractivity contribution in [3.8, 4) is 0 Å². The molecule has 1 rings (SSSR count). The van der Waals surface area contributed by atoms with Gasteiger partial charge in [-0.25, -0.2) is 4.79 Å². The summed E-state index contributed by atoms with van der Waals surface area (Å²) < 4.78 is 82.4. The fourth-order valence-corrected chi connectivity index (χ4v) is 2.75. The van der Waals surface area contributed by atoms with Crippen molar-refractivity contribution >= 4 is 17.7 Å². The summed E-state index contributed by atoms with van der Waals surface area (Å²) in [4.78, 5) is 22.1. The number of benzene rings is 1. The van der Waals surface area contributed by atoms with E-state index in [9.17, 15) is 35.9 Å². The Hall–Kier alpha value is -2.50. The van der Waals surface area contributed by atoms with E-state index < -0.39 is 41.2 Å². The van der Waals surface area contributed by atoms with E-state index in [1.54, 1.807) is 0 Å². The Morgan fingerprint density at radius 1 is 0.844 bits per heavy atom. The molecule has 0 spiro atoms. The van der Waals surface area contributed by atoms with Gasteiger partial charge in [0.15, 0.2) is 0 Å². The number of hydrogen-bond donors (Lipinski definition) is 3.